The third-order valence-corrected chi connectivity index (χ3v) is 3.71. The second kappa shape index (κ2) is 5.85. The summed E-state index contributed by atoms with van der Waals surface area (Å²) in [4.78, 5) is 4.20. The molecule has 2 heterocycles. The highest BCUT2D eigenvalue weighted by Gasteiger charge is 2.34. The Bertz CT molecular complexity index is 392. The van der Waals surface area contributed by atoms with Crippen molar-refractivity contribution >= 4 is 30.4 Å². The van der Waals surface area contributed by atoms with Crippen LogP contribution in [0.5, 0.6) is 0 Å². The van der Waals surface area contributed by atoms with Crippen molar-refractivity contribution in [2.24, 2.45) is 11.8 Å². The van der Waals surface area contributed by atoms with Gasteiger partial charge in [-0.25, -0.2) is 0 Å². The Hall–Kier alpha value is -0.570. The minimum absolute atomic E-state index is 0. The average molecular weight is 273 g/mol. The van der Waals surface area contributed by atoms with E-state index < -0.39 is 0 Å². The predicted molar refractivity (Wildman–Crippen MR) is 75.8 cm³/mol. The molecule has 1 fully saturated rings. The highest BCUT2D eigenvalue weighted by Crippen LogP contribution is 2.40. The predicted octanol–water partition coefficient (Wildman–Crippen LogP) is 2.94. The number of fused-ring (bicyclic) bond motifs is 2. The van der Waals surface area contributed by atoms with E-state index in [2.05, 4.69) is 29.4 Å². The molecule has 0 saturated carbocycles. The van der Waals surface area contributed by atoms with E-state index in [0.29, 0.717) is 12.0 Å². The molecule has 1 aliphatic heterocycles. The highest BCUT2D eigenvalue weighted by atomic mass is 35.5. The van der Waals surface area contributed by atoms with E-state index in [1.807, 2.05) is 18.5 Å². The van der Waals surface area contributed by atoms with Crippen LogP contribution in [-0.2, 0) is 0 Å². The van der Waals surface area contributed by atoms with E-state index in [-0.39, 0.29) is 24.8 Å². The third kappa shape index (κ3) is 2.65. The Labute approximate surface area is 115 Å². The average Bonchev–Trinajstić information content (AvgIpc) is 2.65. The standard InChI is InChI=1S/C13H16N2.2ClH/c1-9-11-5-12(8-15-9)13(6-11)10-3-2-4-14-7-10;;/h2-4,6-7,9,11-12,15H,5,8H2,1H3;2*1H. The van der Waals surface area contributed by atoms with E-state index in [4.69, 9.17) is 0 Å². The van der Waals surface area contributed by atoms with Crippen LogP contribution in [-0.4, -0.2) is 17.6 Å². The van der Waals surface area contributed by atoms with Gasteiger partial charge in [0.1, 0.15) is 0 Å². The molecule has 3 rings (SSSR count). The number of aromatic nitrogens is 1. The van der Waals surface area contributed by atoms with Gasteiger partial charge in [-0.1, -0.05) is 12.1 Å². The first-order chi connectivity index (χ1) is 7.34. The van der Waals surface area contributed by atoms with Gasteiger partial charge in [0.15, 0.2) is 0 Å². The van der Waals surface area contributed by atoms with Crippen LogP contribution in [0.2, 0.25) is 0 Å². The van der Waals surface area contributed by atoms with Gasteiger partial charge < -0.3 is 5.32 Å². The van der Waals surface area contributed by atoms with Crippen molar-refractivity contribution in [3.05, 3.63) is 36.2 Å². The van der Waals surface area contributed by atoms with Gasteiger partial charge >= 0.3 is 0 Å². The molecular formula is C13H18Cl2N2. The SMILES string of the molecule is CC1NCC2CC1C=C2c1cccnc1.Cl.Cl. The van der Waals surface area contributed by atoms with Gasteiger partial charge in [0.25, 0.3) is 0 Å². The molecule has 0 radical (unpaired) electrons. The first kappa shape index (κ1) is 14.5. The van der Waals surface area contributed by atoms with Gasteiger partial charge in [0, 0.05) is 25.0 Å². The zero-order valence-electron chi connectivity index (χ0n) is 9.80. The molecule has 0 aromatic carbocycles. The normalized spacial score (nSPS) is 29.9. The van der Waals surface area contributed by atoms with Crippen LogP contribution < -0.4 is 5.32 Å². The van der Waals surface area contributed by atoms with E-state index in [0.717, 1.165) is 12.5 Å². The van der Waals surface area contributed by atoms with Crippen LogP contribution in [0, 0.1) is 11.8 Å². The zero-order valence-corrected chi connectivity index (χ0v) is 11.4. The summed E-state index contributed by atoms with van der Waals surface area (Å²) in [6.45, 7) is 3.40. The fraction of sp³-hybridized carbons (Fsp3) is 0.462. The van der Waals surface area contributed by atoms with Gasteiger partial charge in [-0.15, -0.1) is 24.8 Å². The molecule has 2 aliphatic rings. The quantitative estimate of drug-likeness (QED) is 0.851. The summed E-state index contributed by atoms with van der Waals surface area (Å²) in [7, 11) is 0. The second-order valence-corrected chi connectivity index (χ2v) is 4.66. The summed E-state index contributed by atoms with van der Waals surface area (Å²) in [5.74, 6) is 1.43. The van der Waals surface area contributed by atoms with Crippen molar-refractivity contribution in [3.8, 4) is 0 Å². The van der Waals surface area contributed by atoms with Crippen molar-refractivity contribution in [3.63, 3.8) is 0 Å². The number of halogens is 2. The molecule has 1 aromatic rings. The first-order valence-electron chi connectivity index (χ1n) is 5.70. The lowest BCUT2D eigenvalue weighted by Gasteiger charge is -2.28. The van der Waals surface area contributed by atoms with Gasteiger partial charge in [0.05, 0.1) is 0 Å². The zero-order chi connectivity index (χ0) is 10.3. The molecule has 4 heteroatoms. The molecule has 3 atom stereocenters. The molecule has 17 heavy (non-hydrogen) atoms. The minimum atomic E-state index is 0. The fourth-order valence-corrected chi connectivity index (χ4v) is 2.78. The van der Waals surface area contributed by atoms with E-state index in [1.54, 1.807) is 0 Å². The Kier molecular flexibility index (Phi) is 4.99. The third-order valence-electron chi connectivity index (χ3n) is 3.71. The molecule has 1 saturated heterocycles. The van der Waals surface area contributed by atoms with Gasteiger partial charge in [-0.05, 0) is 42.4 Å². The van der Waals surface area contributed by atoms with Crippen molar-refractivity contribution < 1.29 is 0 Å². The number of hydrogen-bond donors (Lipinski definition) is 1. The van der Waals surface area contributed by atoms with Crippen LogP contribution in [0.25, 0.3) is 5.57 Å². The van der Waals surface area contributed by atoms with Crippen molar-refractivity contribution in [1.29, 1.82) is 0 Å². The summed E-state index contributed by atoms with van der Waals surface area (Å²) in [5.41, 5.74) is 2.81. The Morgan fingerprint density at radius 3 is 2.82 bits per heavy atom. The van der Waals surface area contributed by atoms with Crippen molar-refractivity contribution in [2.75, 3.05) is 6.54 Å². The first-order valence-corrected chi connectivity index (χ1v) is 5.70. The lowest BCUT2D eigenvalue weighted by molar-refractivity contribution is 0.328. The minimum Gasteiger partial charge on any atom is -0.313 e. The molecule has 3 unspecified atom stereocenters. The van der Waals surface area contributed by atoms with E-state index >= 15 is 0 Å². The lowest BCUT2D eigenvalue weighted by atomic mass is 9.90. The van der Waals surface area contributed by atoms with E-state index in [1.165, 1.54) is 17.6 Å². The van der Waals surface area contributed by atoms with Crippen LogP contribution in [0.1, 0.15) is 18.9 Å². The topological polar surface area (TPSA) is 24.9 Å². The summed E-state index contributed by atoms with van der Waals surface area (Å²) < 4.78 is 0. The summed E-state index contributed by atoms with van der Waals surface area (Å²) in [6.07, 6.45) is 7.59. The largest absolute Gasteiger partial charge is 0.313 e. The Balaban J connectivity index is 0.000000722. The number of rotatable bonds is 1. The molecular weight excluding hydrogens is 255 g/mol. The van der Waals surface area contributed by atoms with Crippen LogP contribution in [0.3, 0.4) is 0 Å². The molecule has 0 amide bonds. The molecule has 94 valence electrons. The number of hydrogen-bond acceptors (Lipinski definition) is 2. The van der Waals surface area contributed by atoms with Crippen molar-refractivity contribution in [1.82, 2.24) is 10.3 Å². The summed E-state index contributed by atoms with van der Waals surface area (Å²) in [6, 6.07) is 4.83. The molecule has 1 aromatic heterocycles. The molecule has 2 bridgehead atoms. The smallest absolute Gasteiger partial charge is 0.0343 e. The maximum absolute atomic E-state index is 4.20. The number of piperidine rings is 1. The summed E-state index contributed by atoms with van der Waals surface area (Å²) >= 11 is 0. The Morgan fingerprint density at radius 2 is 2.18 bits per heavy atom. The van der Waals surface area contributed by atoms with E-state index in [9.17, 15) is 0 Å². The molecule has 1 N–H and O–H groups in total. The Morgan fingerprint density at radius 1 is 1.35 bits per heavy atom. The van der Waals surface area contributed by atoms with Gasteiger partial charge in [-0.3, -0.25) is 4.98 Å². The maximum atomic E-state index is 4.20. The van der Waals surface area contributed by atoms with Crippen molar-refractivity contribution in [2.45, 2.75) is 19.4 Å². The summed E-state index contributed by atoms with van der Waals surface area (Å²) in [5, 5.41) is 3.57. The maximum Gasteiger partial charge on any atom is 0.0343 e. The van der Waals surface area contributed by atoms with Gasteiger partial charge in [0.2, 0.25) is 0 Å². The van der Waals surface area contributed by atoms with Gasteiger partial charge in [-0.2, -0.15) is 0 Å². The number of pyridine rings is 1. The lowest BCUT2D eigenvalue weighted by Crippen LogP contribution is -2.39. The molecule has 2 nitrogen and oxygen atoms in total. The number of nitrogens with one attached hydrogen (secondary N) is 1. The van der Waals surface area contributed by atoms with Crippen LogP contribution >= 0.6 is 24.8 Å². The number of nitrogens with zero attached hydrogens (tertiary/aromatic N) is 1. The highest BCUT2D eigenvalue weighted by molar-refractivity contribution is 5.85. The second-order valence-electron chi connectivity index (χ2n) is 4.66. The molecule has 0 spiro atoms. The molecule has 1 aliphatic carbocycles. The van der Waals surface area contributed by atoms with Crippen LogP contribution in [0.15, 0.2) is 30.6 Å². The monoisotopic (exact) mass is 272 g/mol. The van der Waals surface area contributed by atoms with Crippen LogP contribution in [0.4, 0.5) is 0 Å². The fourth-order valence-electron chi connectivity index (χ4n) is 2.78.